The summed E-state index contributed by atoms with van der Waals surface area (Å²) in [6.07, 6.45) is 0.468. The number of hydrogen-bond acceptors (Lipinski definition) is 5. The van der Waals surface area contributed by atoms with Crippen LogP contribution in [0.2, 0.25) is 5.02 Å². The fraction of sp³-hybridized carbons (Fsp3) is 0.357. The molecule has 1 heterocycles. The van der Waals surface area contributed by atoms with E-state index in [9.17, 15) is 4.79 Å². The number of Topliss-reactive ketones (excluding diaryl/α,β-unsaturated/α-hetero) is 1. The maximum absolute atomic E-state index is 11.6. The van der Waals surface area contributed by atoms with Crippen LogP contribution in [0.25, 0.3) is 0 Å². The highest BCUT2D eigenvalue weighted by molar-refractivity contribution is 7.98. The van der Waals surface area contributed by atoms with E-state index in [1.807, 2.05) is 31.2 Å². The molecule has 4 nitrogen and oxygen atoms in total. The molecule has 106 valence electrons. The van der Waals surface area contributed by atoms with E-state index >= 15 is 0 Å². The topological polar surface area (TPSA) is 56.0 Å². The number of hydrogen-bond donors (Lipinski definition) is 0. The first kappa shape index (κ1) is 15.1. The first-order valence-electron chi connectivity index (χ1n) is 6.33. The zero-order chi connectivity index (χ0) is 14.5. The lowest BCUT2D eigenvalue weighted by Gasteiger charge is -2.01. The van der Waals surface area contributed by atoms with Crippen LogP contribution in [0.3, 0.4) is 0 Å². The fourth-order valence-corrected chi connectivity index (χ4v) is 2.70. The number of halogens is 1. The highest BCUT2D eigenvalue weighted by Gasteiger charge is 2.20. The minimum Gasteiger partial charge on any atom is -0.339 e. The van der Waals surface area contributed by atoms with Crippen molar-refractivity contribution in [2.24, 2.45) is 0 Å². The van der Waals surface area contributed by atoms with Gasteiger partial charge in [-0.05, 0) is 25.1 Å². The molecular weight excluding hydrogens is 296 g/mol. The molecule has 0 saturated heterocycles. The molecule has 1 aromatic carbocycles. The maximum atomic E-state index is 11.6. The number of rotatable bonds is 6. The van der Waals surface area contributed by atoms with E-state index in [0.29, 0.717) is 28.9 Å². The summed E-state index contributed by atoms with van der Waals surface area (Å²) in [5.74, 6) is 1.32. The van der Waals surface area contributed by atoms with Crippen molar-refractivity contribution in [2.75, 3.05) is 0 Å². The van der Waals surface area contributed by atoms with Gasteiger partial charge < -0.3 is 4.52 Å². The lowest BCUT2D eigenvalue weighted by Crippen LogP contribution is -2.07. The first-order chi connectivity index (χ1) is 9.60. The number of ketones is 1. The van der Waals surface area contributed by atoms with Gasteiger partial charge in [0.2, 0.25) is 5.89 Å². The summed E-state index contributed by atoms with van der Waals surface area (Å²) in [5.41, 5.74) is 0. The molecule has 20 heavy (non-hydrogen) atoms. The average molecular weight is 311 g/mol. The molecule has 0 aliphatic rings. The van der Waals surface area contributed by atoms with E-state index in [4.69, 9.17) is 16.1 Å². The second-order valence-electron chi connectivity index (χ2n) is 4.34. The Bertz CT molecular complexity index is 600. The quantitative estimate of drug-likeness (QED) is 0.752. The Hall–Kier alpha value is -1.33. The van der Waals surface area contributed by atoms with Gasteiger partial charge in [-0.3, -0.25) is 4.79 Å². The van der Waals surface area contributed by atoms with Gasteiger partial charge in [0.1, 0.15) is 5.78 Å². The van der Waals surface area contributed by atoms with Crippen molar-refractivity contribution >= 4 is 29.1 Å². The van der Waals surface area contributed by atoms with E-state index in [2.05, 4.69) is 10.1 Å². The summed E-state index contributed by atoms with van der Waals surface area (Å²) in [6.45, 7) is 3.61. The van der Waals surface area contributed by atoms with E-state index in [1.165, 1.54) is 0 Å². The fourth-order valence-electron chi connectivity index (χ4n) is 1.65. The minimum absolute atomic E-state index is 0.0997. The standard InChI is InChI=1S/C14H15ClN2O2S/c1-3-12(18)9(2)14-16-13(17-19-14)8-20-11-6-4-5-10(15)7-11/h4-7,9H,3,8H2,1-2H3. The summed E-state index contributed by atoms with van der Waals surface area (Å²) in [7, 11) is 0. The maximum Gasteiger partial charge on any atom is 0.236 e. The zero-order valence-corrected chi connectivity index (χ0v) is 12.9. The van der Waals surface area contributed by atoms with Gasteiger partial charge in [-0.2, -0.15) is 4.98 Å². The van der Waals surface area contributed by atoms with Crippen LogP contribution >= 0.6 is 23.4 Å². The third kappa shape index (κ3) is 3.84. The summed E-state index contributed by atoms with van der Waals surface area (Å²) >= 11 is 7.50. The van der Waals surface area contributed by atoms with Gasteiger partial charge in [0, 0.05) is 16.3 Å². The Morgan fingerprint density at radius 2 is 2.30 bits per heavy atom. The van der Waals surface area contributed by atoms with Gasteiger partial charge in [0.05, 0.1) is 11.7 Å². The molecule has 0 fully saturated rings. The molecule has 0 amide bonds. The van der Waals surface area contributed by atoms with Crippen molar-refractivity contribution in [3.05, 3.63) is 41.0 Å². The Morgan fingerprint density at radius 3 is 3.00 bits per heavy atom. The zero-order valence-electron chi connectivity index (χ0n) is 11.3. The van der Waals surface area contributed by atoms with Crippen molar-refractivity contribution in [1.29, 1.82) is 0 Å². The van der Waals surface area contributed by atoms with Crippen LogP contribution in [0.5, 0.6) is 0 Å². The third-order valence-electron chi connectivity index (χ3n) is 2.85. The van der Waals surface area contributed by atoms with Crippen LogP contribution in [-0.2, 0) is 10.5 Å². The van der Waals surface area contributed by atoms with Crippen LogP contribution < -0.4 is 0 Å². The molecule has 6 heteroatoms. The predicted octanol–water partition coefficient (Wildman–Crippen LogP) is 4.10. The lowest BCUT2D eigenvalue weighted by atomic mass is 10.1. The van der Waals surface area contributed by atoms with Crippen LogP contribution in [0.15, 0.2) is 33.7 Å². The lowest BCUT2D eigenvalue weighted by molar-refractivity contribution is -0.120. The highest BCUT2D eigenvalue weighted by Crippen LogP contribution is 2.25. The van der Waals surface area contributed by atoms with Crippen molar-refractivity contribution < 1.29 is 9.32 Å². The Balaban J connectivity index is 1.98. The second kappa shape index (κ2) is 6.90. The van der Waals surface area contributed by atoms with Gasteiger partial charge in [-0.15, -0.1) is 11.8 Å². The van der Waals surface area contributed by atoms with Crippen LogP contribution in [0.4, 0.5) is 0 Å². The predicted molar refractivity (Wildman–Crippen MR) is 79.0 cm³/mol. The second-order valence-corrected chi connectivity index (χ2v) is 5.82. The molecule has 0 radical (unpaired) electrons. The van der Waals surface area contributed by atoms with E-state index in [-0.39, 0.29) is 11.7 Å². The number of nitrogens with zero attached hydrogens (tertiary/aromatic N) is 2. The number of carbonyl (C=O) groups is 1. The molecule has 0 aliphatic carbocycles. The van der Waals surface area contributed by atoms with Gasteiger partial charge in [-0.25, -0.2) is 0 Å². The normalized spacial score (nSPS) is 12.3. The summed E-state index contributed by atoms with van der Waals surface area (Å²) in [5, 5.41) is 4.60. The minimum atomic E-state index is -0.336. The molecule has 2 rings (SSSR count). The smallest absolute Gasteiger partial charge is 0.236 e. The molecule has 0 bridgehead atoms. The molecule has 1 atom stereocenters. The molecule has 0 saturated carbocycles. The summed E-state index contributed by atoms with van der Waals surface area (Å²) in [4.78, 5) is 16.9. The monoisotopic (exact) mass is 310 g/mol. The number of carbonyl (C=O) groups excluding carboxylic acids is 1. The van der Waals surface area contributed by atoms with Gasteiger partial charge >= 0.3 is 0 Å². The molecule has 1 aromatic heterocycles. The molecular formula is C14H15ClN2O2S. The third-order valence-corrected chi connectivity index (χ3v) is 4.07. The van der Waals surface area contributed by atoms with Crippen LogP contribution in [-0.4, -0.2) is 15.9 Å². The first-order valence-corrected chi connectivity index (χ1v) is 7.70. The summed E-state index contributed by atoms with van der Waals surface area (Å²) < 4.78 is 5.14. The molecule has 1 unspecified atom stereocenters. The molecule has 0 aliphatic heterocycles. The van der Waals surface area contributed by atoms with Crippen LogP contribution in [0, 0.1) is 0 Å². The van der Waals surface area contributed by atoms with Crippen molar-refractivity contribution in [3.8, 4) is 0 Å². The number of benzene rings is 1. The van der Waals surface area contributed by atoms with Crippen molar-refractivity contribution in [2.45, 2.75) is 36.8 Å². The highest BCUT2D eigenvalue weighted by atomic mass is 35.5. The number of aromatic nitrogens is 2. The SMILES string of the molecule is CCC(=O)C(C)c1nc(CSc2cccc(Cl)c2)no1. The van der Waals surface area contributed by atoms with Crippen molar-refractivity contribution in [3.63, 3.8) is 0 Å². The van der Waals surface area contributed by atoms with E-state index in [0.717, 1.165) is 4.90 Å². The van der Waals surface area contributed by atoms with Crippen LogP contribution in [0.1, 0.15) is 37.9 Å². The molecule has 0 spiro atoms. The van der Waals surface area contributed by atoms with Crippen molar-refractivity contribution in [1.82, 2.24) is 10.1 Å². The van der Waals surface area contributed by atoms with Gasteiger partial charge in [-0.1, -0.05) is 29.7 Å². The van der Waals surface area contributed by atoms with Gasteiger partial charge in [0.25, 0.3) is 0 Å². The average Bonchev–Trinajstić information content (AvgIpc) is 2.92. The van der Waals surface area contributed by atoms with E-state index < -0.39 is 0 Å². The molecule has 2 aromatic rings. The largest absolute Gasteiger partial charge is 0.339 e. The van der Waals surface area contributed by atoms with E-state index in [1.54, 1.807) is 18.7 Å². The Labute approximate surface area is 126 Å². The van der Waals surface area contributed by atoms with Gasteiger partial charge in [0.15, 0.2) is 5.82 Å². The number of thioether (sulfide) groups is 1. The molecule has 0 N–H and O–H groups in total. The summed E-state index contributed by atoms with van der Waals surface area (Å²) in [6, 6.07) is 7.58. The Kier molecular flexibility index (Phi) is 5.20. The Morgan fingerprint density at radius 1 is 1.50 bits per heavy atom.